The molecule has 2 rings (SSSR count). The van der Waals surface area contributed by atoms with Crippen LogP contribution in [-0.2, 0) is 6.54 Å². The minimum absolute atomic E-state index is 0.159. The minimum Gasteiger partial charge on any atom is -0.372 e. The van der Waals surface area contributed by atoms with Crippen LogP contribution in [0.25, 0.3) is 0 Å². The molecule has 2 nitrogen and oxygen atoms in total. The maximum Gasteiger partial charge on any atom is 0.0440 e. The number of hydrogen-bond donors (Lipinski definition) is 1. The van der Waals surface area contributed by atoms with Crippen LogP contribution in [0.15, 0.2) is 16.6 Å². The summed E-state index contributed by atoms with van der Waals surface area (Å²) in [6.07, 6.45) is 0. The molecule has 88 valence electrons. The van der Waals surface area contributed by atoms with Gasteiger partial charge in [0.1, 0.15) is 0 Å². The molecule has 1 aliphatic heterocycles. The molecular formula is C13H19BrN2. The summed E-state index contributed by atoms with van der Waals surface area (Å²) in [7, 11) is 2.18. The van der Waals surface area contributed by atoms with E-state index in [0.29, 0.717) is 0 Å². The molecule has 0 unspecified atom stereocenters. The van der Waals surface area contributed by atoms with E-state index in [1.54, 1.807) is 0 Å². The molecule has 0 spiro atoms. The monoisotopic (exact) mass is 282 g/mol. The first kappa shape index (κ1) is 11.9. The fourth-order valence-corrected chi connectivity index (χ4v) is 3.17. The highest BCUT2D eigenvalue weighted by Crippen LogP contribution is 2.31. The smallest absolute Gasteiger partial charge is 0.0440 e. The van der Waals surface area contributed by atoms with Crippen molar-refractivity contribution in [2.45, 2.75) is 32.9 Å². The van der Waals surface area contributed by atoms with Gasteiger partial charge in [-0.25, -0.2) is 0 Å². The van der Waals surface area contributed by atoms with Crippen molar-refractivity contribution in [3.8, 4) is 0 Å². The van der Waals surface area contributed by atoms with Crippen molar-refractivity contribution in [1.82, 2.24) is 5.32 Å². The van der Waals surface area contributed by atoms with Gasteiger partial charge >= 0.3 is 0 Å². The SMILES string of the molecule is Cc1cc(Br)cc2c1N(C)CC(C)(C)NC2. The van der Waals surface area contributed by atoms with Gasteiger partial charge in [0.05, 0.1) is 0 Å². The Labute approximate surface area is 106 Å². The van der Waals surface area contributed by atoms with Crippen molar-refractivity contribution in [2.24, 2.45) is 0 Å². The Morgan fingerprint density at radius 2 is 2.06 bits per heavy atom. The predicted octanol–water partition coefficient (Wildman–Crippen LogP) is 3.08. The Morgan fingerprint density at radius 1 is 1.38 bits per heavy atom. The summed E-state index contributed by atoms with van der Waals surface area (Å²) in [5.41, 5.74) is 4.25. The molecule has 0 aromatic heterocycles. The van der Waals surface area contributed by atoms with Gasteiger partial charge in [0.2, 0.25) is 0 Å². The van der Waals surface area contributed by atoms with Gasteiger partial charge in [-0.3, -0.25) is 0 Å². The molecule has 0 atom stereocenters. The van der Waals surface area contributed by atoms with Crippen molar-refractivity contribution in [3.05, 3.63) is 27.7 Å². The highest BCUT2D eigenvalue weighted by molar-refractivity contribution is 9.10. The number of halogens is 1. The first-order valence-electron chi connectivity index (χ1n) is 5.64. The van der Waals surface area contributed by atoms with Gasteiger partial charge < -0.3 is 10.2 Å². The number of nitrogens with zero attached hydrogens (tertiary/aromatic N) is 1. The van der Waals surface area contributed by atoms with Crippen molar-refractivity contribution in [3.63, 3.8) is 0 Å². The third-order valence-electron chi connectivity index (χ3n) is 3.12. The highest BCUT2D eigenvalue weighted by atomic mass is 79.9. The topological polar surface area (TPSA) is 15.3 Å². The molecule has 0 aliphatic carbocycles. The molecule has 0 amide bonds. The van der Waals surface area contributed by atoms with E-state index < -0.39 is 0 Å². The Bertz CT molecular complexity index is 413. The van der Waals surface area contributed by atoms with E-state index in [0.717, 1.165) is 13.1 Å². The van der Waals surface area contributed by atoms with Gasteiger partial charge in [-0.2, -0.15) is 0 Å². The normalized spacial score (nSPS) is 19.2. The van der Waals surface area contributed by atoms with Gasteiger partial charge in [-0.05, 0) is 44.0 Å². The van der Waals surface area contributed by atoms with Crippen LogP contribution in [0.3, 0.4) is 0 Å². The first-order valence-corrected chi connectivity index (χ1v) is 6.43. The van der Waals surface area contributed by atoms with E-state index in [2.05, 4.69) is 66.1 Å². The van der Waals surface area contributed by atoms with Crippen molar-refractivity contribution in [1.29, 1.82) is 0 Å². The zero-order chi connectivity index (χ0) is 11.9. The summed E-state index contributed by atoms with van der Waals surface area (Å²) in [6, 6.07) is 4.40. The van der Waals surface area contributed by atoms with Crippen LogP contribution in [0, 0.1) is 6.92 Å². The zero-order valence-electron chi connectivity index (χ0n) is 10.4. The van der Waals surface area contributed by atoms with Gasteiger partial charge in [0, 0.05) is 35.8 Å². The van der Waals surface area contributed by atoms with Crippen LogP contribution in [-0.4, -0.2) is 19.1 Å². The molecule has 1 heterocycles. The Balaban J connectivity index is 2.49. The molecule has 0 bridgehead atoms. The minimum atomic E-state index is 0.159. The fraction of sp³-hybridized carbons (Fsp3) is 0.538. The van der Waals surface area contributed by atoms with Gasteiger partial charge in [-0.1, -0.05) is 15.9 Å². The number of rotatable bonds is 0. The van der Waals surface area contributed by atoms with Crippen molar-refractivity contribution >= 4 is 21.6 Å². The van der Waals surface area contributed by atoms with Crippen LogP contribution < -0.4 is 10.2 Å². The van der Waals surface area contributed by atoms with E-state index in [1.807, 2.05) is 0 Å². The van der Waals surface area contributed by atoms with E-state index >= 15 is 0 Å². The number of aryl methyl sites for hydroxylation is 1. The fourth-order valence-electron chi connectivity index (χ4n) is 2.55. The highest BCUT2D eigenvalue weighted by Gasteiger charge is 2.25. The van der Waals surface area contributed by atoms with E-state index in [1.165, 1.54) is 21.3 Å². The Kier molecular flexibility index (Phi) is 3.01. The van der Waals surface area contributed by atoms with Crippen LogP contribution in [0.1, 0.15) is 25.0 Å². The Hall–Kier alpha value is -0.540. The standard InChI is InChI=1S/C13H19BrN2/c1-9-5-11(14)6-10-7-15-13(2,3)8-16(4)12(9)10/h5-6,15H,7-8H2,1-4H3. The lowest BCUT2D eigenvalue weighted by Crippen LogP contribution is -2.45. The summed E-state index contributed by atoms with van der Waals surface area (Å²) >= 11 is 3.57. The van der Waals surface area contributed by atoms with Crippen molar-refractivity contribution in [2.75, 3.05) is 18.5 Å². The number of anilines is 1. The average molecular weight is 283 g/mol. The molecule has 16 heavy (non-hydrogen) atoms. The second-order valence-electron chi connectivity index (χ2n) is 5.32. The quantitative estimate of drug-likeness (QED) is 0.787. The number of nitrogens with one attached hydrogen (secondary N) is 1. The molecule has 0 fully saturated rings. The molecule has 1 aromatic carbocycles. The summed E-state index contributed by atoms with van der Waals surface area (Å²) < 4.78 is 1.17. The lowest BCUT2D eigenvalue weighted by atomic mass is 10.1. The number of likely N-dealkylation sites (N-methyl/N-ethyl adjacent to an activating group) is 1. The number of fused-ring (bicyclic) bond motifs is 1. The molecular weight excluding hydrogens is 264 g/mol. The maximum absolute atomic E-state index is 3.60. The summed E-state index contributed by atoms with van der Waals surface area (Å²) in [4.78, 5) is 2.36. The third kappa shape index (κ3) is 2.25. The summed E-state index contributed by atoms with van der Waals surface area (Å²) in [5, 5.41) is 3.60. The molecule has 3 heteroatoms. The van der Waals surface area contributed by atoms with Crippen LogP contribution in [0.5, 0.6) is 0 Å². The van der Waals surface area contributed by atoms with E-state index in [-0.39, 0.29) is 5.54 Å². The van der Waals surface area contributed by atoms with Crippen LogP contribution in [0.2, 0.25) is 0 Å². The second-order valence-corrected chi connectivity index (χ2v) is 6.24. The van der Waals surface area contributed by atoms with Crippen molar-refractivity contribution < 1.29 is 0 Å². The molecule has 0 radical (unpaired) electrons. The summed E-state index contributed by atoms with van der Waals surface area (Å²) in [6.45, 7) is 8.65. The van der Waals surface area contributed by atoms with Crippen LogP contribution in [0.4, 0.5) is 5.69 Å². The predicted molar refractivity (Wildman–Crippen MR) is 73.1 cm³/mol. The molecule has 1 aromatic rings. The Morgan fingerprint density at radius 3 is 2.75 bits per heavy atom. The average Bonchev–Trinajstić information content (AvgIpc) is 2.22. The van der Waals surface area contributed by atoms with Gasteiger partial charge in [0.25, 0.3) is 0 Å². The van der Waals surface area contributed by atoms with Gasteiger partial charge in [-0.15, -0.1) is 0 Å². The van der Waals surface area contributed by atoms with Gasteiger partial charge in [0.15, 0.2) is 0 Å². The van der Waals surface area contributed by atoms with E-state index in [9.17, 15) is 0 Å². The number of hydrogen-bond acceptors (Lipinski definition) is 2. The van der Waals surface area contributed by atoms with Crippen LogP contribution >= 0.6 is 15.9 Å². The molecule has 0 saturated carbocycles. The van der Waals surface area contributed by atoms with E-state index in [4.69, 9.17) is 0 Å². The maximum atomic E-state index is 3.60. The molecule has 1 N–H and O–H groups in total. The number of benzene rings is 1. The lowest BCUT2D eigenvalue weighted by Gasteiger charge is -2.29. The summed E-state index contributed by atoms with van der Waals surface area (Å²) in [5.74, 6) is 0. The molecule has 1 aliphatic rings. The molecule has 0 saturated heterocycles. The lowest BCUT2D eigenvalue weighted by molar-refractivity contribution is 0.401. The first-order chi connectivity index (χ1) is 7.39. The third-order valence-corrected chi connectivity index (χ3v) is 3.57. The zero-order valence-corrected chi connectivity index (χ0v) is 12.0. The largest absolute Gasteiger partial charge is 0.372 e. The second kappa shape index (κ2) is 4.04.